The van der Waals surface area contributed by atoms with E-state index in [1.54, 1.807) is 0 Å². The van der Waals surface area contributed by atoms with E-state index < -0.39 is 0 Å². The number of nitriles is 1. The highest BCUT2D eigenvalue weighted by Gasteiger charge is 2.30. The molecule has 2 fully saturated rings. The summed E-state index contributed by atoms with van der Waals surface area (Å²) in [5, 5.41) is 11.2. The van der Waals surface area contributed by atoms with Crippen molar-refractivity contribution in [3.8, 4) is 28.7 Å². The molecule has 6 rings (SSSR count). The standard InChI is InChI=1S/C30H31ClN6O/c1-35-13-15-36(16-14-35)23-8-10-24(11-9-23)37-19-26(28-29(31)33-20-34-30(28)37)21-7-12-27(22(17-21)18-32)38-25-5-3-2-4-6-25/h2-7,12,17,19-20,23-24H,8-11,13-16H2,1H3. The van der Waals surface area contributed by atoms with Crippen LogP contribution >= 0.6 is 11.6 Å². The van der Waals surface area contributed by atoms with Crippen LogP contribution in [0.15, 0.2) is 61.1 Å². The van der Waals surface area contributed by atoms with Crippen molar-refractivity contribution in [3.05, 3.63) is 71.8 Å². The van der Waals surface area contributed by atoms with E-state index in [1.165, 1.54) is 19.2 Å². The van der Waals surface area contributed by atoms with Gasteiger partial charge in [0.25, 0.3) is 0 Å². The Bertz CT molecular complexity index is 1460. The summed E-state index contributed by atoms with van der Waals surface area (Å²) in [5.74, 6) is 1.22. The molecule has 1 aliphatic heterocycles. The van der Waals surface area contributed by atoms with Gasteiger partial charge in [-0.2, -0.15) is 5.26 Å². The van der Waals surface area contributed by atoms with Gasteiger partial charge in [0, 0.05) is 50.0 Å². The van der Waals surface area contributed by atoms with Crippen molar-refractivity contribution in [2.45, 2.75) is 37.8 Å². The van der Waals surface area contributed by atoms with E-state index in [-0.39, 0.29) is 0 Å². The lowest BCUT2D eigenvalue weighted by atomic mass is 9.89. The zero-order chi connectivity index (χ0) is 26.1. The lowest BCUT2D eigenvalue weighted by Crippen LogP contribution is -2.49. The van der Waals surface area contributed by atoms with Crippen molar-refractivity contribution in [1.29, 1.82) is 5.26 Å². The van der Waals surface area contributed by atoms with E-state index in [9.17, 15) is 5.26 Å². The minimum atomic E-state index is 0.358. The average Bonchev–Trinajstić information content (AvgIpc) is 3.35. The lowest BCUT2D eigenvalue weighted by Gasteiger charge is -2.41. The van der Waals surface area contributed by atoms with Gasteiger partial charge in [-0.1, -0.05) is 35.9 Å². The highest BCUT2D eigenvalue weighted by molar-refractivity contribution is 6.35. The maximum atomic E-state index is 9.90. The van der Waals surface area contributed by atoms with Gasteiger partial charge >= 0.3 is 0 Å². The maximum Gasteiger partial charge on any atom is 0.145 e. The number of halogens is 1. The molecular formula is C30H31ClN6O. The highest BCUT2D eigenvalue weighted by Crippen LogP contribution is 2.40. The largest absolute Gasteiger partial charge is 0.456 e. The molecule has 0 N–H and O–H groups in total. The third kappa shape index (κ3) is 4.88. The Morgan fingerprint density at radius 3 is 2.42 bits per heavy atom. The Morgan fingerprint density at radius 1 is 0.947 bits per heavy atom. The second kappa shape index (κ2) is 10.7. The molecule has 2 aromatic carbocycles. The van der Waals surface area contributed by atoms with Gasteiger partial charge in [0.2, 0.25) is 0 Å². The number of aromatic nitrogens is 3. The number of piperazine rings is 1. The van der Waals surface area contributed by atoms with Crippen molar-refractivity contribution >= 4 is 22.6 Å². The summed E-state index contributed by atoms with van der Waals surface area (Å²) in [6.45, 7) is 4.63. The second-order valence-electron chi connectivity index (χ2n) is 10.4. The third-order valence-electron chi connectivity index (χ3n) is 8.06. The predicted molar refractivity (Wildman–Crippen MR) is 150 cm³/mol. The molecule has 194 valence electrons. The van der Waals surface area contributed by atoms with Crippen LogP contribution in [0.3, 0.4) is 0 Å². The molecular weight excluding hydrogens is 496 g/mol. The van der Waals surface area contributed by atoms with Crippen LogP contribution in [0.5, 0.6) is 11.5 Å². The van der Waals surface area contributed by atoms with Crippen molar-refractivity contribution in [1.82, 2.24) is 24.3 Å². The second-order valence-corrected chi connectivity index (χ2v) is 10.7. The number of ether oxygens (including phenoxy) is 1. The van der Waals surface area contributed by atoms with E-state index in [1.807, 2.05) is 48.5 Å². The minimum Gasteiger partial charge on any atom is -0.456 e. The summed E-state index contributed by atoms with van der Waals surface area (Å²) < 4.78 is 8.27. The van der Waals surface area contributed by atoms with Crippen LogP contribution in [-0.2, 0) is 0 Å². The Balaban J connectivity index is 1.29. The molecule has 7 nitrogen and oxygen atoms in total. The molecule has 0 spiro atoms. The fourth-order valence-electron chi connectivity index (χ4n) is 5.92. The number of rotatable bonds is 5. The SMILES string of the molecule is CN1CCN(C2CCC(n3cc(-c4ccc(Oc5ccccc5)c(C#N)c4)c4c(Cl)ncnc43)CC2)CC1. The quantitative estimate of drug-likeness (QED) is 0.291. The molecule has 0 atom stereocenters. The number of hydrogen-bond acceptors (Lipinski definition) is 6. The zero-order valence-corrected chi connectivity index (χ0v) is 22.3. The molecule has 8 heteroatoms. The molecule has 2 aromatic heterocycles. The van der Waals surface area contributed by atoms with Gasteiger partial charge in [0.05, 0.1) is 10.9 Å². The van der Waals surface area contributed by atoms with Gasteiger partial charge in [-0.25, -0.2) is 9.97 Å². The Kier molecular flexibility index (Phi) is 7.03. The van der Waals surface area contributed by atoms with E-state index in [2.05, 4.69) is 43.6 Å². The molecule has 1 saturated carbocycles. The fourth-order valence-corrected chi connectivity index (χ4v) is 6.15. The molecule has 0 bridgehead atoms. The first kappa shape index (κ1) is 24.9. The third-order valence-corrected chi connectivity index (χ3v) is 8.35. The van der Waals surface area contributed by atoms with Crippen LogP contribution in [0.2, 0.25) is 5.15 Å². The Morgan fingerprint density at radius 2 is 1.68 bits per heavy atom. The van der Waals surface area contributed by atoms with Crippen LogP contribution in [0.4, 0.5) is 0 Å². The molecule has 2 aliphatic rings. The first-order valence-electron chi connectivity index (χ1n) is 13.3. The minimum absolute atomic E-state index is 0.358. The van der Waals surface area contributed by atoms with Crippen molar-refractivity contribution in [2.24, 2.45) is 0 Å². The van der Waals surface area contributed by atoms with Crippen LogP contribution < -0.4 is 4.74 Å². The number of para-hydroxylation sites is 1. The van der Waals surface area contributed by atoms with Gasteiger partial charge in [0.1, 0.15) is 34.7 Å². The van der Waals surface area contributed by atoms with Crippen molar-refractivity contribution in [3.63, 3.8) is 0 Å². The molecule has 1 saturated heterocycles. The van der Waals surface area contributed by atoms with Gasteiger partial charge in [0.15, 0.2) is 0 Å². The first-order valence-corrected chi connectivity index (χ1v) is 13.7. The monoisotopic (exact) mass is 526 g/mol. The van der Waals surface area contributed by atoms with E-state index >= 15 is 0 Å². The first-order chi connectivity index (χ1) is 18.6. The van der Waals surface area contributed by atoms with Gasteiger partial charge in [-0.15, -0.1) is 0 Å². The number of hydrogen-bond donors (Lipinski definition) is 0. The molecule has 3 heterocycles. The molecule has 0 amide bonds. The molecule has 4 aromatic rings. The van der Waals surface area contributed by atoms with Gasteiger partial charge in [-0.05, 0) is 62.6 Å². The van der Waals surface area contributed by atoms with Crippen molar-refractivity contribution < 1.29 is 4.74 Å². The molecule has 1 aliphatic carbocycles. The average molecular weight is 527 g/mol. The predicted octanol–water partition coefficient (Wildman–Crippen LogP) is 6.15. The summed E-state index contributed by atoms with van der Waals surface area (Å²) in [6, 6.07) is 18.5. The number of fused-ring (bicyclic) bond motifs is 1. The summed E-state index contributed by atoms with van der Waals surface area (Å²) >= 11 is 6.65. The highest BCUT2D eigenvalue weighted by atomic mass is 35.5. The lowest BCUT2D eigenvalue weighted by molar-refractivity contribution is 0.0828. The Hall–Kier alpha value is -3.44. The van der Waals surface area contributed by atoms with E-state index in [4.69, 9.17) is 16.3 Å². The molecule has 0 unspecified atom stereocenters. The number of nitrogens with zero attached hydrogens (tertiary/aromatic N) is 6. The maximum absolute atomic E-state index is 9.90. The summed E-state index contributed by atoms with van der Waals surface area (Å²) in [4.78, 5) is 14.0. The molecule has 38 heavy (non-hydrogen) atoms. The van der Waals surface area contributed by atoms with Crippen LogP contribution in [0, 0.1) is 11.3 Å². The Labute approximate surface area is 228 Å². The summed E-state index contributed by atoms with van der Waals surface area (Å²) in [7, 11) is 2.21. The van der Waals surface area contributed by atoms with Crippen LogP contribution in [0.25, 0.3) is 22.2 Å². The summed E-state index contributed by atoms with van der Waals surface area (Å²) in [6.07, 6.45) is 8.28. The summed E-state index contributed by atoms with van der Waals surface area (Å²) in [5.41, 5.74) is 3.15. The topological polar surface area (TPSA) is 70.2 Å². The number of benzene rings is 2. The van der Waals surface area contributed by atoms with E-state index in [0.717, 1.165) is 61.2 Å². The normalized spacial score (nSPS) is 20.9. The molecule has 0 radical (unpaired) electrons. The van der Waals surface area contributed by atoms with Crippen LogP contribution in [0.1, 0.15) is 37.3 Å². The fraction of sp³-hybridized carbons (Fsp3) is 0.367. The van der Waals surface area contributed by atoms with Gasteiger partial charge < -0.3 is 14.2 Å². The van der Waals surface area contributed by atoms with Gasteiger partial charge in [-0.3, -0.25) is 4.90 Å². The van der Waals surface area contributed by atoms with Crippen LogP contribution in [-0.4, -0.2) is 63.6 Å². The zero-order valence-electron chi connectivity index (χ0n) is 21.6. The van der Waals surface area contributed by atoms with Crippen molar-refractivity contribution in [2.75, 3.05) is 33.2 Å². The smallest absolute Gasteiger partial charge is 0.145 e. The number of likely N-dealkylation sites (N-methyl/N-ethyl adjacent to an activating group) is 1. The van der Waals surface area contributed by atoms with E-state index in [0.29, 0.717) is 34.3 Å².